The predicted octanol–water partition coefficient (Wildman–Crippen LogP) is 4.66. The van der Waals surface area contributed by atoms with E-state index in [2.05, 4.69) is 15.6 Å². The number of rotatable bonds is 7. The molecule has 2 aliphatic heterocycles. The standard InChI is InChI=1S/C26H26Cl2N4O5S/c1-34-23-21(32-12-19(30-31-32)24(33)29-15-7-8-15)22-20(13-35-25(37-22)14-5-3-2-4-6-14)36-26(23)38-16-9-10-17(27)18(28)11-16/h2-6,9-12,15,20-23,25-26H,7-8,13H2,1H3,(H,29,33)/t20-,21+,22+,23-,25?,26-/m1/s1. The van der Waals surface area contributed by atoms with Crippen molar-refractivity contribution in [2.24, 2.45) is 0 Å². The van der Waals surface area contributed by atoms with E-state index in [4.69, 9.17) is 42.1 Å². The summed E-state index contributed by atoms with van der Waals surface area (Å²) in [5, 5.41) is 12.4. The zero-order valence-electron chi connectivity index (χ0n) is 20.4. The average Bonchev–Trinajstić information content (AvgIpc) is 3.61. The van der Waals surface area contributed by atoms with Crippen molar-refractivity contribution in [1.82, 2.24) is 20.3 Å². The van der Waals surface area contributed by atoms with Crippen molar-refractivity contribution < 1.29 is 23.7 Å². The van der Waals surface area contributed by atoms with Crippen LogP contribution in [0.2, 0.25) is 10.0 Å². The first-order valence-corrected chi connectivity index (χ1v) is 14.0. The van der Waals surface area contributed by atoms with Gasteiger partial charge in [-0.1, -0.05) is 70.5 Å². The number of halogens is 2. The topological polar surface area (TPSA) is 96.7 Å². The maximum Gasteiger partial charge on any atom is 0.273 e. The highest BCUT2D eigenvalue weighted by atomic mass is 35.5. The number of nitrogens with one attached hydrogen (secondary N) is 1. The van der Waals surface area contributed by atoms with E-state index in [0.29, 0.717) is 16.7 Å². The molecule has 1 amide bonds. The second-order valence-corrected chi connectivity index (χ2v) is 11.4. The summed E-state index contributed by atoms with van der Waals surface area (Å²) in [5.41, 5.74) is 0.682. The Morgan fingerprint density at radius 3 is 2.68 bits per heavy atom. The molecule has 9 nitrogen and oxygen atoms in total. The van der Waals surface area contributed by atoms with Crippen molar-refractivity contribution in [1.29, 1.82) is 0 Å². The number of nitrogens with zero attached hydrogens (tertiary/aromatic N) is 3. The number of thioether (sulfide) groups is 1. The van der Waals surface area contributed by atoms with E-state index in [1.165, 1.54) is 11.8 Å². The molecule has 1 unspecified atom stereocenters. The van der Waals surface area contributed by atoms with Crippen LogP contribution in [-0.2, 0) is 18.9 Å². The van der Waals surface area contributed by atoms with Crippen molar-refractivity contribution in [2.75, 3.05) is 13.7 Å². The molecular weight excluding hydrogens is 551 g/mol. The van der Waals surface area contributed by atoms with Gasteiger partial charge in [-0.05, 0) is 31.0 Å². The zero-order valence-corrected chi connectivity index (χ0v) is 22.7. The predicted molar refractivity (Wildman–Crippen MR) is 141 cm³/mol. The van der Waals surface area contributed by atoms with Gasteiger partial charge in [0.05, 0.1) is 22.8 Å². The average molecular weight is 577 g/mol. The first-order valence-electron chi connectivity index (χ1n) is 12.3. The van der Waals surface area contributed by atoms with Crippen LogP contribution in [0.5, 0.6) is 0 Å². The van der Waals surface area contributed by atoms with E-state index >= 15 is 0 Å². The molecule has 1 N–H and O–H groups in total. The molecule has 2 saturated heterocycles. The lowest BCUT2D eigenvalue weighted by molar-refractivity contribution is -0.308. The number of aromatic nitrogens is 3. The highest BCUT2D eigenvalue weighted by molar-refractivity contribution is 7.99. The number of ether oxygens (including phenoxy) is 4. The van der Waals surface area contributed by atoms with E-state index in [-0.39, 0.29) is 17.6 Å². The lowest BCUT2D eigenvalue weighted by Crippen LogP contribution is -2.59. The Balaban J connectivity index is 1.31. The molecule has 6 atom stereocenters. The summed E-state index contributed by atoms with van der Waals surface area (Å²) >= 11 is 13.8. The van der Waals surface area contributed by atoms with Crippen molar-refractivity contribution in [2.45, 2.75) is 59.9 Å². The number of carbonyl (C=O) groups is 1. The van der Waals surface area contributed by atoms with Gasteiger partial charge in [-0.3, -0.25) is 4.79 Å². The Morgan fingerprint density at radius 2 is 1.95 bits per heavy atom. The van der Waals surface area contributed by atoms with Gasteiger partial charge in [-0.25, -0.2) is 4.68 Å². The monoisotopic (exact) mass is 576 g/mol. The molecule has 200 valence electrons. The van der Waals surface area contributed by atoms with Gasteiger partial charge in [-0.15, -0.1) is 5.10 Å². The largest absolute Gasteiger partial charge is 0.375 e. The third kappa shape index (κ3) is 5.44. The summed E-state index contributed by atoms with van der Waals surface area (Å²) in [4.78, 5) is 13.5. The van der Waals surface area contributed by atoms with Gasteiger partial charge in [0, 0.05) is 23.6 Å². The minimum atomic E-state index is -0.582. The van der Waals surface area contributed by atoms with Crippen LogP contribution in [0.4, 0.5) is 0 Å². The molecule has 0 spiro atoms. The fourth-order valence-corrected chi connectivity index (χ4v) is 6.26. The summed E-state index contributed by atoms with van der Waals surface area (Å²) < 4.78 is 26.7. The zero-order chi connectivity index (χ0) is 26.2. The van der Waals surface area contributed by atoms with Crippen LogP contribution in [0.1, 0.15) is 41.2 Å². The Kier molecular flexibility index (Phi) is 7.63. The van der Waals surface area contributed by atoms with Crippen LogP contribution in [0.3, 0.4) is 0 Å². The van der Waals surface area contributed by atoms with Crippen LogP contribution in [0.15, 0.2) is 59.6 Å². The molecule has 2 aromatic carbocycles. The first-order chi connectivity index (χ1) is 18.5. The van der Waals surface area contributed by atoms with Gasteiger partial charge in [0.2, 0.25) is 0 Å². The van der Waals surface area contributed by atoms with E-state index in [1.54, 1.807) is 30.1 Å². The van der Waals surface area contributed by atoms with E-state index in [1.807, 2.05) is 36.4 Å². The molecule has 3 heterocycles. The van der Waals surface area contributed by atoms with Gasteiger partial charge in [-0.2, -0.15) is 0 Å². The van der Waals surface area contributed by atoms with Crippen molar-refractivity contribution in [3.8, 4) is 0 Å². The van der Waals surface area contributed by atoms with Gasteiger partial charge in [0.15, 0.2) is 12.0 Å². The van der Waals surface area contributed by atoms with Gasteiger partial charge in [0.1, 0.15) is 29.8 Å². The van der Waals surface area contributed by atoms with Crippen molar-refractivity contribution >= 4 is 40.9 Å². The first kappa shape index (κ1) is 26.1. The summed E-state index contributed by atoms with van der Waals surface area (Å²) in [5.74, 6) is -0.242. The molecule has 3 aliphatic rings. The number of methoxy groups -OCH3 is 1. The van der Waals surface area contributed by atoms with Crippen LogP contribution in [-0.4, -0.2) is 64.4 Å². The normalized spacial score (nSPS) is 29.0. The van der Waals surface area contributed by atoms with Crippen LogP contribution in [0, 0.1) is 0 Å². The van der Waals surface area contributed by atoms with E-state index in [9.17, 15) is 4.79 Å². The van der Waals surface area contributed by atoms with E-state index < -0.39 is 36.1 Å². The number of benzene rings is 2. The Bertz CT molecular complexity index is 1290. The third-order valence-electron chi connectivity index (χ3n) is 6.76. The highest BCUT2D eigenvalue weighted by Crippen LogP contribution is 2.44. The number of carbonyl (C=O) groups excluding carboxylic acids is 1. The van der Waals surface area contributed by atoms with Crippen LogP contribution in [0.25, 0.3) is 0 Å². The van der Waals surface area contributed by atoms with Crippen LogP contribution < -0.4 is 5.32 Å². The number of fused-ring (bicyclic) bond motifs is 1. The van der Waals surface area contributed by atoms with Crippen LogP contribution >= 0.6 is 35.0 Å². The molecule has 3 fully saturated rings. The van der Waals surface area contributed by atoms with Crippen molar-refractivity contribution in [3.63, 3.8) is 0 Å². The summed E-state index contributed by atoms with van der Waals surface area (Å²) in [7, 11) is 1.62. The quantitative estimate of drug-likeness (QED) is 0.433. The fraction of sp³-hybridized carbons (Fsp3) is 0.423. The molecule has 0 bridgehead atoms. The van der Waals surface area contributed by atoms with Gasteiger partial charge >= 0.3 is 0 Å². The van der Waals surface area contributed by atoms with Crippen molar-refractivity contribution in [3.05, 3.63) is 76.0 Å². The molecule has 0 radical (unpaired) electrons. The minimum Gasteiger partial charge on any atom is -0.375 e. The lowest BCUT2D eigenvalue weighted by Gasteiger charge is -2.48. The Morgan fingerprint density at radius 1 is 1.13 bits per heavy atom. The SMILES string of the molecule is CO[C@@H]1[C@@H](n2cc(C(=O)NC3CC3)nn2)[C@H]2OC(c3ccccc3)OC[C@H]2O[C@@H]1Sc1ccc(Cl)c(Cl)c1. The molecule has 3 aromatic rings. The molecule has 1 aromatic heterocycles. The summed E-state index contributed by atoms with van der Waals surface area (Å²) in [6, 6.07) is 14.9. The molecule has 38 heavy (non-hydrogen) atoms. The fourth-order valence-electron chi connectivity index (χ4n) is 4.69. The van der Waals surface area contributed by atoms with Gasteiger partial charge in [0.25, 0.3) is 5.91 Å². The third-order valence-corrected chi connectivity index (χ3v) is 8.63. The Hall–Kier alpha value is -2.18. The summed E-state index contributed by atoms with van der Waals surface area (Å²) in [6.07, 6.45) is 1.63. The number of hydrogen-bond acceptors (Lipinski definition) is 8. The molecule has 6 rings (SSSR count). The van der Waals surface area contributed by atoms with Gasteiger partial charge < -0.3 is 24.3 Å². The maximum atomic E-state index is 12.7. The highest BCUT2D eigenvalue weighted by Gasteiger charge is 2.52. The second kappa shape index (κ2) is 11.1. The minimum absolute atomic E-state index is 0.212. The molecule has 12 heteroatoms. The maximum absolute atomic E-state index is 12.7. The number of hydrogen-bond donors (Lipinski definition) is 1. The Labute approximate surface area is 234 Å². The molecule has 1 saturated carbocycles. The molecular formula is C26H26Cl2N4O5S. The number of amides is 1. The second-order valence-electron chi connectivity index (χ2n) is 9.44. The lowest BCUT2D eigenvalue weighted by atomic mass is 9.96. The smallest absolute Gasteiger partial charge is 0.273 e. The molecule has 1 aliphatic carbocycles. The van der Waals surface area contributed by atoms with E-state index in [0.717, 1.165) is 23.3 Å². The summed E-state index contributed by atoms with van der Waals surface area (Å²) in [6.45, 7) is 0.305.